The molecule has 0 aliphatic heterocycles. The van der Waals surface area contributed by atoms with Crippen molar-refractivity contribution in [1.29, 1.82) is 0 Å². The van der Waals surface area contributed by atoms with Gasteiger partial charge in [0, 0.05) is 21.0 Å². The molecule has 0 N–H and O–H groups in total. The monoisotopic (exact) mass is 385 g/mol. The molecule has 3 rings (SSSR count). The van der Waals surface area contributed by atoms with Crippen LogP contribution < -0.4 is 0 Å². The normalized spacial score (nSPS) is 11.3. The number of fused-ring (bicyclic) bond motifs is 1. The van der Waals surface area contributed by atoms with Crippen molar-refractivity contribution in [3.05, 3.63) is 80.9 Å². The van der Waals surface area contributed by atoms with E-state index in [-0.39, 0.29) is 5.78 Å². The molecule has 0 bridgehead atoms. The molecular weight excluding hydrogens is 374 g/mol. The van der Waals surface area contributed by atoms with Gasteiger partial charge in [0.25, 0.3) is 0 Å². The van der Waals surface area contributed by atoms with Crippen LogP contribution in [0.5, 0.6) is 0 Å². The Kier molecular flexibility index (Phi) is 4.60. The van der Waals surface area contributed by atoms with Crippen LogP contribution in [0.2, 0.25) is 5.15 Å². The topological polar surface area (TPSA) is 30.0 Å². The lowest BCUT2D eigenvalue weighted by molar-refractivity contribution is 0.104. The number of rotatable bonds is 3. The number of aromatic nitrogens is 1. The first-order chi connectivity index (χ1) is 11.0. The molecule has 0 unspecified atom stereocenters. The van der Waals surface area contributed by atoms with Gasteiger partial charge in [0.1, 0.15) is 5.15 Å². The van der Waals surface area contributed by atoms with Crippen molar-refractivity contribution in [2.75, 3.05) is 0 Å². The third kappa shape index (κ3) is 3.69. The molecule has 0 atom stereocenters. The minimum Gasteiger partial charge on any atom is -0.289 e. The van der Waals surface area contributed by atoms with Crippen molar-refractivity contribution in [1.82, 2.24) is 4.98 Å². The van der Waals surface area contributed by atoms with Crippen molar-refractivity contribution in [3.63, 3.8) is 0 Å². The van der Waals surface area contributed by atoms with E-state index >= 15 is 0 Å². The maximum absolute atomic E-state index is 12.2. The molecule has 1 heterocycles. The van der Waals surface area contributed by atoms with E-state index in [1.807, 2.05) is 43.3 Å². The van der Waals surface area contributed by atoms with Crippen molar-refractivity contribution < 1.29 is 4.79 Å². The Bertz CT molecular complexity index is 917. The van der Waals surface area contributed by atoms with E-state index in [1.54, 1.807) is 18.2 Å². The molecule has 0 spiro atoms. The lowest BCUT2D eigenvalue weighted by Gasteiger charge is -2.03. The second kappa shape index (κ2) is 6.65. The van der Waals surface area contributed by atoms with E-state index in [2.05, 4.69) is 20.9 Å². The smallest absolute Gasteiger partial charge is 0.185 e. The zero-order chi connectivity index (χ0) is 16.4. The van der Waals surface area contributed by atoms with Crippen LogP contribution in [0.15, 0.2) is 59.1 Å². The molecule has 0 saturated carbocycles. The number of ketones is 1. The number of benzene rings is 2. The number of pyridine rings is 1. The Morgan fingerprint density at radius 3 is 2.61 bits per heavy atom. The van der Waals surface area contributed by atoms with Crippen LogP contribution in [-0.2, 0) is 0 Å². The predicted octanol–water partition coefficient (Wildman–Crippen LogP) is 5.86. The zero-order valence-electron chi connectivity index (χ0n) is 12.4. The van der Waals surface area contributed by atoms with Crippen molar-refractivity contribution in [2.24, 2.45) is 0 Å². The number of allylic oxidation sites excluding steroid dienone is 1. The Morgan fingerprint density at radius 2 is 1.87 bits per heavy atom. The van der Waals surface area contributed by atoms with Gasteiger partial charge in [0.05, 0.1) is 5.52 Å². The van der Waals surface area contributed by atoms with Crippen LogP contribution in [-0.4, -0.2) is 10.8 Å². The third-order valence-corrected chi connectivity index (χ3v) is 4.33. The summed E-state index contributed by atoms with van der Waals surface area (Å²) in [5.41, 5.74) is 3.36. The van der Waals surface area contributed by atoms with Gasteiger partial charge in [0.2, 0.25) is 0 Å². The van der Waals surface area contributed by atoms with Gasteiger partial charge in [-0.1, -0.05) is 39.2 Å². The average Bonchev–Trinajstić information content (AvgIpc) is 2.53. The van der Waals surface area contributed by atoms with Gasteiger partial charge >= 0.3 is 0 Å². The lowest BCUT2D eigenvalue weighted by atomic mass is 10.1. The maximum atomic E-state index is 12.2. The summed E-state index contributed by atoms with van der Waals surface area (Å²) in [5.74, 6) is -0.0714. The summed E-state index contributed by atoms with van der Waals surface area (Å²) in [6.07, 6.45) is 3.23. The number of halogens is 2. The lowest BCUT2D eigenvalue weighted by Crippen LogP contribution is -1.93. The number of aryl methyl sites for hydroxylation is 1. The second-order valence-corrected chi connectivity index (χ2v) is 6.54. The zero-order valence-corrected chi connectivity index (χ0v) is 14.7. The molecule has 0 amide bonds. The van der Waals surface area contributed by atoms with Crippen LogP contribution in [0.1, 0.15) is 21.5 Å². The van der Waals surface area contributed by atoms with Gasteiger partial charge in [-0.05, 0) is 61.5 Å². The van der Waals surface area contributed by atoms with Gasteiger partial charge in [-0.2, -0.15) is 0 Å². The summed E-state index contributed by atoms with van der Waals surface area (Å²) in [5, 5.41) is 1.39. The van der Waals surface area contributed by atoms with Crippen LogP contribution in [0.3, 0.4) is 0 Å². The van der Waals surface area contributed by atoms with E-state index < -0.39 is 0 Å². The number of carbonyl (C=O) groups excluding carboxylic acids is 1. The molecule has 2 nitrogen and oxygen atoms in total. The fraction of sp³-hybridized carbons (Fsp3) is 0.0526. The van der Waals surface area contributed by atoms with Crippen LogP contribution >= 0.6 is 27.5 Å². The van der Waals surface area contributed by atoms with Crippen molar-refractivity contribution in [2.45, 2.75) is 6.92 Å². The van der Waals surface area contributed by atoms with Crippen LogP contribution in [0.4, 0.5) is 0 Å². The average molecular weight is 387 g/mol. The fourth-order valence-electron chi connectivity index (χ4n) is 2.28. The van der Waals surface area contributed by atoms with E-state index in [4.69, 9.17) is 11.6 Å². The highest BCUT2D eigenvalue weighted by atomic mass is 79.9. The van der Waals surface area contributed by atoms with E-state index in [1.165, 1.54) is 6.08 Å². The highest BCUT2D eigenvalue weighted by Gasteiger charge is 2.05. The van der Waals surface area contributed by atoms with E-state index in [9.17, 15) is 4.79 Å². The predicted molar refractivity (Wildman–Crippen MR) is 99.0 cm³/mol. The SMILES string of the molecule is Cc1ccc2nc(Cl)c(/C=C\C(=O)c3ccc(Br)cc3)cc2c1. The molecule has 2 aromatic carbocycles. The molecule has 1 aromatic heterocycles. The molecule has 114 valence electrons. The standard InChI is InChI=1S/C19H13BrClNO/c1-12-2-8-17-15(10-12)11-14(19(21)22-17)5-9-18(23)13-3-6-16(20)7-4-13/h2-11H,1H3/b9-5-. The molecule has 23 heavy (non-hydrogen) atoms. The molecule has 3 aromatic rings. The van der Waals surface area contributed by atoms with Gasteiger partial charge in [-0.15, -0.1) is 0 Å². The Balaban J connectivity index is 1.92. The molecule has 4 heteroatoms. The maximum Gasteiger partial charge on any atom is 0.185 e. The van der Waals surface area contributed by atoms with Crippen molar-refractivity contribution in [3.8, 4) is 0 Å². The molecule has 0 aliphatic carbocycles. The quantitative estimate of drug-likeness (QED) is 0.321. The minimum absolute atomic E-state index is 0.0714. The largest absolute Gasteiger partial charge is 0.289 e. The number of nitrogens with zero attached hydrogens (tertiary/aromatic N) is 1. The molecule has 0 saturated heterocycles. The fourth-order valence-corrected chi connectivity index (χ4v) is 2.75. The Labute approximate surface area is 147 Å². The third-order valence-electron chi connectivity index (χ3n) is 3.49. The summed E-state index contributed by atoms with van der Waals surface area (Å²) >= 11 is 9.57. The summed E-state index contributed by atoms with van der Waals surface area (Å²) in [7, 11) is 0. The van der Waals surface area contributed by atoms with Crippen molar-refractivity contribution >= 4 is 50.3 Å². The first-order valence-electron chi connectivity index (χ1n) is 7.08. The van der Waals surface area contributed by atoms with Gasteiger partial charge in [0.15, 0.2) is 5.78 Å². The molecule has 0 fully saturated rings. The molecule has 0 aliphatic rings. The first kappa shape index (κ1) is 15.9. The number of carbonyl (C=O) groups is 1. The summed E-state index contributed by atoms with van der Waals surface area (Å²) in [6.45, 7) is 2.03. The molecular formula is C19H13BrClNO. The molecule has 0 radical (unpaired) electrons. The summed E-state index contributed by atoms with van der Waals surface area (Å²) in [4.78, 5) is 16.6. The highest BCUT2D eigenvalue weighted by molar-refractivity contribution is 9.10. The summed E-state index contributed by atoms with van der Waals surface area (Å²) in [6, 6.07) is 15.2. The highest BCUT2D eigenvalue weighted by Crippen LogP contribution is 2.23. The van der Waals surface area contributed by atoms with Gasteiger partial charge in [-0.25, -0.2) is 4.98 Å². The second-order valence-electron chi connectivity index (χ2n) is 5.27. The van der Waals surface area contributed by atoms with Gasteiger partial charge in [-0.3, -0.25) is 4.79 Å². The Hall–Kier alpha value is -1.97. The number of hydrogen-bond acceptors (Lipinski definition) is 2. The summed E-state index contributed by atoms with van der Waals surface area (Å²) < 4.78 is 0.940. The van der Waals surface area contributed by atoms with Gasteiger partial charge < -0.3 is 0 Å². The Morgan fingerprint density at radius 1 is 1.13 bits per heavy atom. The number of hydrogen-bond donors (Lipinski definition) is 0. The van der Waals surface area contributed by atoms with Crippen LogP contribution in [0, 0.1) is 6.92 Å². The van der Waals surface area contributed by atoms with E-state index in [0.717, 1.165) is 26.5 Å². The minimum atomic E-state index is -0.0714. The van der Waals surface area contributed by atoms with Crippen LogP contribution in [0.25, 0.3) is 17.0 Å². The first-order valence-corrected chi connectivity index (χ1v) is 8.25. The van der Waals surface area contributed by atoms with E-state index in [0.29, 0.717) is 10.7 Å².